The van der Waals surface area contributed by atoms with Gasteiger partial charge in [-0.1, -0.05) is 12.1 Å². The van der Waals surface area contributed by atoms with Gasteiger partial charge in [0.1, 0.15) is 11.4 Å². The first-order valence-electron chi connectivity index (χ1n) is 6.98. The second-order valence-corrected chi connectivity index (χ2v) is 5.76. The molecule has 0 spiro atoms. The molecule has 0 aliphatic heterocycles. The van der Waals surface area contributed by atoms with Gasteiger partial charge >= 0.3 is 6.09 Å². The molecule has 0 fully saturated rings. The smallest absolute Gasteiger partial charge is 0.412 e. The molecule has 0 saturated carbocycles. The lowest BCUT2D eigenvalue weighted by molar-refractivity contribution is 0.0635. The van der Waals surface area contributed by atoms with Gasteiger partial charge in [0.25, 0.3) is 0 Å². The van der Waals surface area contributed by atoms with E-state index in [0.29, 0.717) is 11.4 Å². The van der Waals surface area contributed by atoms with Gasteiger partial charge in [-0.3, -0.25) is 10.3 Å². The largest absolute Gasteiger partial charge is 0.495 e. The summed E-state index contributed by atoms with van der Waals surface area (Å²) in [6.45, 7) is 5.44. The van der Waals surface area contributed by atoms with Gasteiger partial charge in [-0.15, -0.1) is 0 Å². The van der Waals surface area contributed by atoms with Gasteiger partial charge in [0.05, 0.1) is 18.5 Å². The van der Waals surface area contributed by atoms with Crippen LogP contribution in [0.3, 0.4) is 0 Å². The maximum Gasteiger partial charge on any atom is 0.412 e. The first kappa shape index (κ1) is 15.8. The van der Waals surface area contributed by atoms with Gasteiger partial charge in [0, 0.05) is 11.8 Å². The van der Waals surface area contributed by atoms with E-state index in [4.69, 9.17) is 9.47 Å². The molecule has 0 atom stereocenters. The van der Waals surface area contributed by atoms with Gasteiger partial charge < -0.3 is 9.47 Å². The van der Waals surface area contributed by atoms with Crippen molar-refractivity contribution < 1.29 is 14.3 Å². The van der Waals surface area contributed by atoms with Crippen molar-refractivity contribution in [3.05, 3.63) is 42.6 Å². The number of carbonyl (C=O) groups excluding carboxylic acids is 1. The quantitative estimate of drug-likeness (QED) is 0.927. The van der Waals surface area contributed by atoms with E-state index < -0.39 is 11.7 Å². The lowest BCUT2D eigenvalue weighted by Gasteiger charge is -2.20. The van der Waals surface area contributed by atoms with Crippen molar-refractivity contribution in [2.24, 2.45) is 0 Å². The Kier molecular flexibility index (Phi) is 4.65. The molecule has 0 radical (unpaired) electrons. The highest BCUT2D eigenvalue weighted by Gasteiger charge is 2.17. The molecule has 116 valence electrons. The maximum absolute atomic E-state index is 11.8. The van der Waals surface area contributed by atoms with Crippen LogP contribution in [0.4, 0.5) is 10.5 Å². The monoisotopic (exact) mass is 300 g/mol. The summed E-state index contributed by atoms with van der Waals surface area (Å²) in [5.41, 5.74) is 1.75. The van der Waals surface area contributed by atoms with Crippen LogP contribution in [-0.2, 0) is 4.74 Å². The zero-order chi connectivity index (χ0) is 16.2. The van der Waals surface area contributed by atoms with Crippen LogP contribution < -0.4 is 10.1 Å². The van der Waals surface area contributed by atoms with E-state index >= 15 is 0 Å². The van der Waals surface area contributed by atoms with E-state index in [1.165, 1.54) is 0 Å². The minimum Gasteiger partial charge on any atom is -0.495 e. The number of aromatic nitrogens is 1. The number of pyridine rings is 1. The fraction of sp³-hybridized carbons (Fsp3) is 0.294. The van der Waals surface area contributed by atoms with Crippen molar-refractivity contribution in [3.63, 3.8) is 0 Å². The highest BCUT2D eigenvalue weighted by atomic mass is 16.6. The zero-order valence-electron chi connectivity index (χ0n) is 13.2. The number of nitrogens with one attached hydrogen (secondary N) is 1. The Morgan fingerprint density at radius 3 is 2.55 bits per heavy atom. The van der Waals surface area contributed by atoms with Crippen LogP contribution in [-0.4, -0.2) is 23.8 Å². The van der Waals surface area contributed by atoms with Crippen LogP contribution in [0.5, 0.6) is 5.75 Å². The van der Waals surface area contributed by atoms with Crippen molar-refractivity contribution in [2.75, 3.05) is 12.4 Å². The summed E-state index contributed by atoms with van der Waals surface area (Å²) in [4.78, 5) is 16.1. The van der Waals surface area contributed by atoms with Gasteiger partial charge in [0.15, 0.2) is 0 Å². The third-order valence-corrected chi connectivity index (χ3v) is 2.80. The fourth-order valence-corrected chi connectivity index (χ4v) is 1.90. The molecular formula is C17H20N2O3. The van der Waals surface area contributed by atoms with Crippen molar-refractivity contribution in [1.82, 2.24) is 4.98 Å². The molecule has 1 amide bonds. The highest BCUT2D eigenvalue weighted by Crippen LogP contribution is 2.30. The number of methoxy groups -OCH3 is 1. The van der Waals surface area contributed by atoms with Crippen LogP contribution in [0.15, 0.2) is 42.6 Å². The molecule has 1 aromatic heterocycles. The number of anilines is 1. The summed E-state index contributed by atoms with van der Waals surface area (Å²) in [7, 11) is 1.55. The fourth-order valence-electron chi connectivity index (χ4n) is 1.90. The molecule has 5 nitrogen and oxygen atoms in total. The van der Waals surface area contributed by atoms with E-state index in [2.05, 4.69) is 10.3 Å². The summed E-state index contributed by atoms with van der Waals surface area (Å²) < 4.78 is 10.6. The zero-order valence-corrected chi connectivity index (χ0v) is 13.2. The maximum atomic E-state index is 11.8. The van der Waals surface area contributed by atoms with Crippen molar-refractivity contribution >= 4 is 11.8 Å². The van der Waals surface area contributed by atoms with Gasteiger partial charge in [0.2, 0.25) is 0 Å². The van der Waals surface area contributed by atoms with E-state index in [1.807, 2.05) is 51.1 Å². The van der Waals surface area contributed by atoms with Crippen LogP contribution in [0.1, 0.15) is 20.8 Å². The molecule has 0 bridgehead atoms. The minimum atomic E-state index is -0.550. The number of hydrogen-bond donors (Lipinski definition) is 1. The number of amides is 1. The summed E-state index contributed by atoms with van der Waals surface area (Å²) in [6.07, 6.45) is 1.21. The first-order valence-corrected chi connectivity index (χ1v) is 6.98. The minimum absolute atomic E-state index is 0.517. The Morgan fingerprint density at radius 1 is 1.18 bits per heavy atom. The average Bonchev–Trinajstić information content (AvgIpc) is 2.46. The Morgan fingerprint density at radius 2 is 1.95 bits per heavy atom. The van der Waals surface area contributed by atoms with E-state index in [9.17, 15) is 4.79 Å². The Labute approximate surface area is 130 Å². The van der Waals surface area contributed by atoms with E-state index in [0.717, 1.165) is 11.3 Å². The molecule has 0 aliphatic carbocycles. The molecule has 1 N–H and O–H groups in total. The van der Waals surface area contributed by atoms with Crippen LogP contribution in [0, 0.1) is 0 Å². The Hall–Kier alpha value is -2.56. The molecule has 5 heteroatoms. The Bertz CT molecular complexity index is 649. The molecule has 22 heavy (non-hydrogen) atoms. The second-order valence-electron chi connectivity index (χ2n) is 5.76. The molecule has 2 aromatic rings. The van der Waals surface area contributed by atoms with Gasteiger partial charge in [-0.25, -0.2) is 4.79 Å². The average molecular weight is 300 g/mol. The number of nitrogens with zero attached hydrogens (tertiary/aromatic N) is 1. The summed E-state index contributed by atoms with van der Waals surface area (Å²) in [5, 5.41) is 2.69. The molecule has 0 saturated heterocycles. The Balaban J connectivity index is 2.22. The highest BCUT2D eigenvalue weighted by molar-refractivity contribution is 5.87. The van der Waals surface area contributed by atoms with Crippen molar-refractivity contribution in [2.45, 2.75) is 26.4 Å². The molecule has 1 aromatic carbocycles. The molecule has 0 aliphatic rings. The SMILES string of the molecule is COc1cc(-c2ccccn2)ccc1NC(=O)OC(C)(C)C. The van der Waals surface area contributed by atoms with Gasteiger partial charge in [-0.2, -0.15) is 0 Å². The molecule has 0 unspecified atom stereocenters. The van der Waals surface area contributed by atoms with Gasteiger partial charge in [-0.05, 0) is 45.0 Å². The third-order valence-electron chi connectivity index (χ3n) is 2.80. The molecular weight excluding hydrogens is 280 g/mol. The van der Waals surface area contributed by atoms with Crippen LogP contribution in [0.25, 0.3) is 11.3 Å². The van der Waals surface area contributed by atoms with Crippen LogP contribution in [0.2, 0.25) is 0 Å². The standard InChI is InChI=1S/C17H20N2O3/c1-17(2,3)22-16(20)19-14-9-8-12(11-15(14)21-4)13-7-5-6-10-18-13/h5-11H,1-4H3,(H,19,20). The predicted molar refractivity (Wildman–Crippen MR) is 86.1 cm³/mol. The molecule has 1 heterocycles. The predicted octanol–water partition coefficient (Wildman–Crippen LogP) is 4.10. The number of benzene rings is 1. The summed E-state index contributed by atoms with van der Waals surface area (Å²) in [6, 6.07) is 11.2. The van der Waals surface area contributed by atoms with Crippen molar-refractivity contribution in [3.8, 4) is 17.0 Å². The number of ether oxygens (including phenoxy) is 2. The first-order chi connectivity index (χ1) is 10.4. The number of hydrogen-bond acceptors (Lipinski definition) is 4. The topological polar surface area (TPSA) is 60.5 Å². The number of rotatable bonds is 3. The van der Waals surface area contributed by atoms with E-state index in [1.54, 1.807) is 19.4 Å². The molecule has 2 rings (SSSR count). The van der Waals surface area contributed by atoms with Crippen molar-refractivity contribution in [1.29, 1.82) is 0 Å². The number of carbonyl (C=O) groups is 1. The normalized spacial score (nSPS) is 10.9. The van der Waals surface area contributed by atoms with Crippen LogP contribution >= 0.6 is 0 Å². The van der Waals surface area contributed by atoms with E-state index in [-0.39, 0.29) is 0 Å². The second kappa shape index (κ2) is 6.47. The summed E-state index contributed by atoms with van der Waals surface area (Å²) >= 11 is 0. The lowest BCUT2D eigenvalue weighted by Crippen LogP contribution is -2.27. The third kappa shape index (κ3) is 4.22. The lowest BCUT2D eigenvalue weighted by atomic mass is 10.1. The summed E-state index contributed by atoms with van der Waals surface area (Å²) in [5.74, 6) is 0.550.